The number of nitrogens with zero attached hydrogens (tertiary/aromatic N) is 1. The summed E-state index contributed by atoms with van der Waals surface area (Å²) in [4.78, 5) is 15.5. The fourth-order valence-electron chi connectivity index (χ4n) is 3.82. The maximum atomic E-state index is 12.4. The van der Waals surface area contributed by atoms with Gasteiger partial charge in [-0.3, -0.25) is 4.98 Å². The molecule has 1 saturated carbocycles. The van der Waals surface area contributed by atoms with Gasteiger partial charge in [-0.05, 0) is 30.9 Å². The smallest absolute Gasteiger partial charge is 0.849 e. The number of aliphatic hydroxyl groups is 1. The molecule has 0 unspecified atom stereocenters. The van der Waals surface area contributed by atoms with Gasteiger partial charge in [0.1, 0.15) is 0 Å². The van der Waals surface area contributed by atoms with E-state index in [1.165, 1.54) is 6.08 Å². The maximum absolute atomic E-state index is 12.4. The summed E-state index contributed by atoms with van der Waals surface area (Å²) in [6, 6.07) is 18.0. The summed E-state index contributed by atoms with van der Waals surface area (Å²) in [7, 11) is 0. The number of carboxylic acids is 1. The summed E-state index contributed by atoms with van der Waals surface area (Å²) < 4.78 is 0. The van der Waals surface area contributed by atoms with Crippen LogP contribution < -0.4 is 10.2 Å². The standard InChI is InChI=1S/C25H24NO4.Ca/c27-18(14-19(28)15-23(29)30)12-13-21-24(16-6-2-1-3-7-16)20-8-4-5-9-22(20)26-25(21)17-10-11-17;/h1-9,12-13,17-19,28H,10-11,14-15H2,(H,29,30);/q-1;+2/p-1/b13-12+;/t18-,19-;/m1./s1. The van der Waals surface area contributed by atoms with Crippen LogP contribution in [-0.4, -0.2) is 66.0 Å². The Morgan fingerprint density at radius 2 is 1.81 bits per heavy atom. The van der Waals surface area contributed by atoms with E-state index in [1.807, 2.05) is 54.6 Å². The summed E-state index contributed by atoms with van der Waals surface area (Å²) >= 11 is 0. The molecule has 0 aliphatic heterocycles. The molecule has 31 heavy (non-hydrogen) atoms. The van der Waals surface area contributed by atoms with Gasteiger partial charge in [0, 0.05) is 34.8 Å². The predicted molar refractivity (Wildman–Crippen MR) is 118 cm³/mol. The Morgan fingerprint density at radius 3 is 2.48 bits per heavy atom. The average Bonchev–Trinajstić information content (AvgIpc) is 3.56. The maximum Gasteiger partial charge on any atom is 2.00 e. The molecule has 1 aliphatic carbocycles. The molecule has 5 nitrogen and oxygen atoms in total. The number of carboxylic acid groups (broad SMARTS) is 1. The number of aliphatic carboxylic acids is 1. The summed E-state index contributed by atoms with van der Waals surface area (Å²) in [5.41, 5.74) is 4.95. The second-order valence-corrected chi connectivity index (χ2v) is 7.81. The van der Waals surface area contributed by atoms with Crippen LogP contribution in [0.3, 0.4) is 0 Å². The Hall–Kier alpha value is -1.76. The van der Waals surface area contributed by atoms with E-state index in [-0.39, 0.29) is 44.2 Å². The first-order valence-electron chi connectivity index (χ1n) is 10.2. The SMILES string of the molecule is O=C([O-])C[C@H](O)C[C@H]([O-])/C=C/c1c(C2CC2)nc2ccccc2c1-c1ccccc1.[Ca+2]. The van der Waals surface area contributed by atoms with Crippen LogP contribution in [0.15, 0.2) is 60.7 Å². The van der Waals surface area contributed by atoms with Crippen molar-refractivity contribution >= 4 is 60.7 Å². The fourth-order valence-corrected chi connectivity index (χ4v) is 3.82. The Labute approximate surface area is 211 Å². The molecule has 2 atom stereocenters. The number of carbonyl (C=O) groups excluding carboxylic acids is 1. The Balaban J connectivity index is 0.00000272. The number of para-hydroxylation sites is 1. The molecule has 0 bridgehead atoms. The molecule has 1 N–H and O–H groups in total. The van der Waals surface area contributed by atoms with Crippen molar-refractivity contribution in [3.8, 4) is 11.1 Å². The third-order valence-corrected chi connectivity index (χ3v) is 5.37. The third kappa shape index (κ3) is 5.93. The molecular weight excluding hydrogens is 418 g/mol. The molecule has 1 aliphatic rings. The van der Waals surface area contributed by atoms with Crippen LogP contribution in [0, 0.1) is 0 Å². The van der Waals surface area contributed by atoms with E-state index in [0.717, 1.165) is 46.1 Å². The van der Waals surface area contributed by atoms with Crippen LogP contribution in [0.2, 0.25) is 0 Å². The Bertz CT molecular complexity index is 1080. The molecule has 3 aromatic rings. The van der Waals surface area contributed by atoms with Gasteiger partial charge in [-0.25, -0.2) is 0 Å². The van der Waals surface area contributed by atoms with Gasteiger partial charge in [-0.2, -0.15) is 0 Å². The topological polar surface area (TPSA) is 96.3 Å². The number of hydrogen-bond donors (Lipinski definition) is 1. The molecule has 1 heterocycles. The number of pyridine rings is 1. The number of aliphatic hydroxyl groups excluding tert-OH is 1. The molecule has 0 amide bonds. The van der Waals surface area contributed by atoms with Crippen molar-refractivity contribution < 1.29 is 20.1 Å². The zero-order chi connectivity index (χ0) is 21.1. The van der Waals surface area contributed by atoms with E-state index in [9.17, 15) is 20.1 Å². The van der Waals surface area contributed by atoms with Gasteiger partial charge in [-0.15, -0.1) is 6.10 Å². The van der Waals surface area contributed by atoms with Crippen LogP contribution in [0.1, 0.15) is 42.9 Å². The van der Waals surface area contributed by atoms with Crippen LogP contribution >= 0.6 is 0 Å². The number of hydrogen-bond acceptors (Lipinski definition) is 5. The number of rotatable bonds is 8. The van der Waals surface area contributed by atoms with Crippen LogP contribution in [0.4, 0.5) is 0 Å². The Morgan fingerprint density at radius 1 is 1.13 bits per heavy atom. The molecule has 4 rings (SSSR count). The summed E-state index contributed by atoms with van der Waals surface area (Å²) in [6.45, 7) is 0. The van der Waals surface area contributed by atoms with E-state index >= 15 is 0 Å². The first-order chi connectivity index (χ1) is 14.5. The van der Waals surface area contributed by atoms with Crippen molar-refractivity contribution in [1.29, 1.82) is 0 Å². The van der Waals surface area contributed by atoms with Crippen molar-refractivity contribution in [2.24, 2.45) is 0 Å². The zero-order valence-electron chi connectivity index (χ0n) is 17.2. The van der Waals surface area contributed by atoms with Gasteiger partial charge in [0.2, 0.25) is 0 Å². The van der Waals surface area contributed by atoms with E-state index in [1.54, 1.807) is 6.08 Å². The molecule has 1 fully saturated rings. The first kappa shape index (κ1) is 23.9. The number of fused-ring (bicyclic) bond motifs is 1. The molecular formula is C25H23CaNO4. The first-order valence-corrected chi connectivity index (χ1v) is 10.2. The van der Waals surface area contributed by atoms with Crippen molar-refractivity contribution in [2.75, 3.05) is 0 Å². The minimum absolute atomic E-state index is 0. The zero-order valence-corrected chi connectivity index (χ0v) is 19.4. The molecule has 6 heteroatoms. The van der Waals surface area contributed by atoms with Crippen molar-refractivity contribution in [3.05, 3.63) is 71.9 Å². The van der Waals surface area contributed by atoms with Gasteiger partial charge < -0.3 is 20.1 Å². The molecule has 0 spiro atoms. The van der Waals surface area contributed by atoms with Gasteiger partial charge in [0.15, 0.2) is 0 Å². The van der Waals surface area contributed by atoms with Crippen LogP contribution in [-0.2, 0) is 4.79 Å². The normalized spacial score (nSPS) is 15.5. The largest absolute Gasteiger partial charge is 2.00 e. The minimum Gasteiger partial charge on any atom is -0.849 e. The van der Waals surface area contributed by atoms with Gasteiger partial charge in [-0.1, -0.05) is 60.7 Å². The summed E-state index contributed by atoms with van der Waals surface area (Å²) in [5.74, 6) is -0.981. The molecule has 2 aromatic carbocycles. The Kier molecular flexibility index (Phi) is 8.25. The van der Waals surface area contributed by atoms with E-state index < -0.39 is 24.6 Å². The fraction of sp³-hybridized carbons (Fsp3) is 0.280. The third-order valence-electron chi connectivity index (χ3n) is 5.37. The molecule has 154 valence electrons. The average molecular weight is 442 g/mol. The van der Waals surface area contributed by atoms with Crippen LogP contribution in [0.5, 0.6) is 0 Å². The number of benzene rings is 2. The number of aromatic nitrogens is 1. The van der Waals surface area contributed by atoms with Crippen molar-refractivity contribution in [1.82, 2.24) is 4.98 Å². The summed E-state index contributed by atoms with van der Waals surface area (Å²) in [5, 5.41) is 33.8. The van der Waals surface area contributed by atoms with Gasteiger partial charge in [0.25, 0.3) is 0 Å². The quantitative estimate of drug-likeness (QED) is 0.540. The second kappa shape index (κ2) is 10.7. The molecule has 1 aromatic heterocycles. The van der Waals surface area contributed by atoms with E-state index in [4.69, 9.17) is 4.98 Å². The van der Waals surface area contributed by atoms with Gasteiger partial charge in [0.05, 0.1) is 17.3 Å². The second-order valence-electron chi connectivity index (χ2n) is 7.81. The monoisotopic (exact) mass is 441 g/mol. The summed E-state index contributed by atoms with van der Waals surface area (Å²) in [6.07, 6.45) is 2.31. The minimum atomic E-state index is -1.36. The van der Waals surface area contributed by atoms with Crippen molar-refractivity contribution in [3.63, 3.8) is 0 Å². The van der Waals surface area contributed by atoms with Gasteiger partial charge >= 0.3 is 37.7 Å². The van der Waals surface area contributed by atoms with Crippen molar-refractivity contribution in [2.45, 2.75) is 43.8 Å². The molecule has 0 saturated heterocycles. The van der Waals surface area contributed by atoms with E-state index in [2.05, 4.69) is 0 Å². The molecule has 0 radical (unpaired) electrons. The predicted octanol–water partition coefficient (Wildman–Crippen LogP) is 2.03. The van der Waals surface area contributed by atoms with E-state index in [0.29, 0.717) is 5.92 Å². The van der Waals surface area contributed by atoms with Crippen LogP contribution in [0.25, 0.3) is 28.1 Å². The number of carbonyl (C=O) groups is 1.